The lowest BCUT2D eigenvalue weighted by Crippen LogP contribution is -2.53. The molecule has 2 aromatic heterocycles. The number of rotatable bonds is 0. The summed E-state index contributed by atoms with van der Waals surface area (Å²) in [6.45, 7) is 0. The van der Waals surface area contributed by atoms with Gasteiger partial charge in [-0.15, -0.1) is 34.3 Å². The first-order valence-electron chi connectivity index (χ1n) is 12.3. The third-order valence-corrected chi connectivity index (χ3v) is 10.7. The monoisotopic (exact) mass is 570 g/mol. The van der Waals surface area contributed by atoms with E-state index in [4.69, 9.17) is 42.7 Å². The standard InChI is InChI=1S/C30H16Cl2N2O2S2/c31-25-27-29(35-19-11-23-15(9-17(19)33-27)13-5-1-3-7-21(13)37-23)26(32)28-30(25)36-20-12-24-16(10-18(20)34-28)14-6-2-4-8-22(14)38-24/h1-12,17,19,26,29H. The van der Waals surface area contributed by atoms with Crippen molar-refractivity contribution in [3.8, 4) is 5.75 Å². The average Bonchev–Trinajstić information content (AvgIpc) is 3.49. The Morgan fingerprint density at radius 2 is 1.61 bits per heavy atom. The third-order valence-electron chi connectivity index (χ3n) is 7.61. The first-order chi connectivity index (χ1) is 18.6. The molecule has 0 N–H and O–H groups in total. The van der Waals surface area contributed by atoms with Crippen molar-refractivity contribution in [2.75, 3.05) is 0 Å². The zero-order chi connectivity index (χ0) is 25.1. The van der Waals surface area contributed by atoms with Crippen LogP contribution in [0.5, 0.6) is 5.75 Å². The lowest BCUT2D eigenvalue weighted by atomic mass is 9.92. The molecule has 3 aromatic carbocycles. The fourth-order valence-corrected chi connectivity index (χ4v) is 8.73. The Balaban J connectivity index is 1.19. The van der Waals surface area contributed by atoms with E-state index in [2.05, 4.69) is 66.7 Å². The molecule has 8 heteroatoms. The van der Waals surface area contributed by atoms with Gasteiger partial charge in [0, 0.05) is 40.9 Å². The van der Waals surface area contributed by atoms with E-state index in [0.717, 1.165) is 15.8 Å². The number of hydrogen-bond acceptors (Lipinski definition) is 6. The summed E-state index contributed by atoms with van der Waals surface area (Å²) in [6.07, 6.45) is 3.64. The molecule has 38 heavy (non-hydrogen) atoms. The normalized spacial score (nSPS) is 25.3. The van der Waals surface area contributed by atoms with Crippen LogP contribution in [0.2, 0.25) is 0 Å². The molecule has 0 spiro atoms. The van der Waals surface area contributed by atoms with E-state index in [0.29, 0.717) is 28.0 Å². The highest BCUT2D eigenvalue weighted by molar-refractivity contribution is 7.25. The Hall–Kier alpha value is -3.00. The van der Waals surface area contributed by atoms with Gasteiger partial charge in [-0.05, 0) is 35.6 Å². The van der Waals surface area contributed by atoms with Gasteiger partial charge in [-0.25, -0.2) is 4.99 Å². The van der Waals surface area contributed by atoms with E-state index in [-0.39, 0.29) is 12.1 Å². The summed E-state index contributed by atoms with van der Waals surface area (Å²) < 4.78 is 17.8. The Bertz CT molecular complexity index is 2110. The van der Waals surface area contributed by atoms with Crippen LogP contribution in [0.25, 0.3) is 42.4 Å². The number of allylic oxidation sites excluding steroid dienone is 1. The van der Waals surface area contributed by atoms with Crippen LogP contribution in [0.15, 0.2) is 81.4 Å². The van der Waals surface area contributed by atoms with Crippen LogP contribution in [-0.2, 0) is 4.74 Å². The minimum absolute atomic E-state index is 0.183. The van der Waals surface area contributed by atoms with Crippen LogP contribution < -0.4 is 14.5 Å². The van der Waals surface area contributed by atoms with Gasteiger partial charge in [-0.1, -0.05) is 48.0 Å². The van der Waals surface area contributed by atoms with Crippen molar-refractivity contribution in [1.82, 2.24) is 0 Å². The van der Waals surface area contributed by atoms with Gasteiger partial charge < -0.3 is 9.47 Å². The topological polar surface area (TPSA) is 43.2 Å². The summed E-state index contributed by atoms with van der Waals surface area (Å²) >= 11 is 17.5. The van der Waals surface area contributed by atoms with Crippen molar-refractivity contribution in [1.29, 1.82) is 0 Å². The van der Waals surface area contributed by atoms with Crippen molar-refractivity contribution in [3.63, 3.8) is 0 Å². The van der Waals surface area contributed by atoms with Crippen molar-refractivity contribution in [2.24, 2.45) is 9.98 Å². The first-order valence-corrected chi connectivity index (χ1v) is 14.8. The highest BCUT2D eigenvalue weighted by atomic mass is 35.5. The van der Waals surface area contributed by atoms with Crippen LogP contribution in [0.1, 0.15) is 0 Å². The Morgan fingerprint density at radius 3 is 2.47 bits per heavy atom. The molecule has 5 aromatic rings. The number of fused-ring (bicyclic) bond motifs is 10. The van der Waals surface area contributed by atoms with E-state index in [9.17, 15) is 0 Å². The number of thiophene rings is 2. The summed E-state index contributed by atoms with van der Waals surface area (Å²) in [6, 6.07) is 20.8. The molecule has 0 saturated carbocycles. The largest absolute Gasteiger partial charge is 0.451 e. The maximum atomic E-state index is 7.05. The molecule has 4 atom stereocenters. The molecule has 4 aliphatic rings. The number of nitrogens with zero attached hydrogens (tertiary/aromatic N) is 2. The molecule has 0 bridgehead atoms. The zero-order valence-electron chi connectivity index (χ0n) is 19.5. The minimum Gasteiger partial charge on any atom is -0.451 e. The Kier molecular flexibility index (Phi) is 4.48. The van der Waals surface area contributed by atoms with Crippen molar-refractivity contribution in [3.05, 3.63) is 81.2 Å². The number of hydrogen-bond donors (Lipinski definition) is 0. The third kappa shape index (κ3) is 2.95. The summed E-state index contributed by atoms with van der Waals surface area (Å²) in [5.41, 5.74) is 1.96. The maximum absolute atomic E-state index is 7.05. The van der Waals surface area contributed by atoms with Crippen LogP contribution >= 0.6 is 45.9 Å². The van der Waals surface area contributed by atoms with Crippen molar-refractivity contribution >= 4 is 105 Å². The van der Waals surface area contributed by atoms with E-state index < -0.39 is 11.5 Å². The summed E-state index contributed by atoms with van der Waals surface area (Å²) in [5.74, 6) is 1.14. The van der Waals surface area contributed by atoms with Crippen LogP contribution in [0, 0.1) is 0 Å². The molecular formula is C30H16Cl2N2O2S2. The summed E-state index contributed by atoms with van der Waals surface area (Å²) in [4.78, 5) is 10.0. The van der Waals surface area contributed by atoms with E-state index in [1.807, 2.05) is 6.07 Å². The molecule has 0 fully saturated rings. The van der Waals surface area contributed by atoms with Crippen molar-refractivity contribution < 1.29 is 9.47 Å². The number of alkyl halides is 1. The van der Waals surface area contributed by atoms with Crippen LogP contribution in [-0.4, -0.2) is 35.1 Å². The van der Waals surface area contributed by atoms with Gasteiger partial charge in [-0.3, -0.25) is 4.99 Å². The molecule has 0 radical (unpaired) electrons. The van der Waals surface area contributed by atoms with E-state index in [1.54, 1.807) is 22.7 Å². The maximum Gasteiger partial charge on any atom is 0.171 e. The molecule has 2 aliphatic heterocycles. The number of halogens is 2. The van der Waals surface area contributed by atoms with Gasteiger partial charge >= 0.3 is 0 Å². The molecule has 4 nitrogen and oxygen atoms in total. The van der Waals surface area contributed by atoms with Gasteiger partial charge in [0.25, 0.3) is 0 Å². The molecule has 4 unspecified atom stereocenters. The fraction of sp³-hybridized carbons (Fsp3) is 0.133. The minimum atomic E-state index is -0.576. The molecule has 4 heterocycles. The van der Waals surface area contributed by atoms with E-state index in [1.165, 1.54) is 29.9 Å². The molecule has 2 aliphatic carbocycles. The Labute approximate surface area is 234 Å². The average molecular weight is 572 g/mol. The van der Waals surface area contributed by atoms with Gasteiger partial charge in [0.15, 0.2) is 11.5 Å². The molecular weight excluding hydrogens is 555 g/mol. The second kappa shape index (κ2) is 7.78. The summed E-state index contributed by atoms with van der Waals surface area (Å²) in [5, 5.41) is 4.65. The summed E-state index contributed by atoms with van der Waals surface area (Å²) in [7, 11) is 0. The first kappa shape index (κ1) is 21.9. The number of aliphatic imine (C=N–C) groups is 2. The van der Waals surface area contributed by atoms with Gasteiger partial charge in [0.1, 0.15) is 34.0 Å². The number of ether oxygens (including phenoxy) is 2. The lowest BCUT2D eigenvalue weighted by molar-refractivity contribution is 0.0514. The second-order valence-corrected chi connectivity index (χ2v) is 12.8. The zero-order valence-corrected chi connectivity index (χ0v) is 22.7. The Morgan fingerprint density at radius 1 is 0.816 bits per heavy atom. The SMILES string of the molecule is ClC1=C2Oc3cc4sc5ccccc5c4cc3N=C2C(Cl)C2OC3C=c4sc5ccccc5c4=CC3N=C12. The van der Waals surface area contributed by atoms with Gasteiger partial charge in [-0.2, -0.15) is 0 Å². The lowest BCUT2D eigenvalue weighted by Gasteiger charge is -2.39. The fourth-order valence-electron chi connectivity index (χ4n) is 5.84. The van der Waals surface area contributed by atoms with Crippen LogP contribution in [0.4, 0.5) is 5.69 Å². The molecule has 0 saturated heterocycles. The predicted octanol–water partition coefficient (Wildman–Crippen LogP) is 6.66. The number of benzene rings is 3. The predicted molar refractivity (Wildman–Crippen MR) is 159 cm³/mol. The van der Waals surface area contributed by atoms with Crippen molar-refractivity contribution in [2.45, 2.75) is 23.6 Å². The molecule has 0 amide bonds. The van der Waals surface area contributed by atoms with E-state index >= 15 is 0 Å². The van der Waals surface area contributed by atoms with Gasteiger partial charge in [0.2, 0.25) is 0 Å². The molecule has 9 rings (SSSR count). The second-order valence-electron chi connectivity index (χ2n) is 9.79. The molecule has 184 valence electrons. The van der Waals surface area contributed by atoms with Crippen LogP contribution in [0.3, 0.4) is 0 Å². The van der Waals surface area contributed by atoms with Gasteiger partial charge in [0.05, 0.1) is 11.8 Å². The quantitative estimate of drug-likeness (QED) is 0.195. The highest BCUT2D eigenvalue weighted by Crippen LogP contribution is 2.46. The highest BCUT2D eigenvalue weighted by Gasteiger charge is 2.47. The smallest absolute Gasteiger partial charge is 0.171 e.